The van der Waals surface area contributed by atoms with Crippen molar-refractivity contribution in [2.45, 2.75) is 33.2 Å². The van der Waals surface area contributed by atoms with Crippen molar-refractivity contribution in [1.82, 2.24) is 20.3 Å². The highest BCUT2D eigenvalue weighted by Crippen LogP contribution is 2.18. The number of aromatic nitrogens is 3. The third kappa shape index (κ3) is 3.57. The lowest BCUT2D eigenvalue weighted by Crippen LogP contribution is -2.24. The third-order valence-corrected chi connectivity index (χ3v) is 3.70. The van der Waals surface area contributed by atoms with Crippen LogP contribution in [-0.2, 0) is 6.54 Å². The fourth-order valence-corrected chi connectivity index (χ4v) is 2.28. The molecule has 0 aliphatic rings. The molecule has 0 radical (unpaired) electrons. The van der Waals surface area contributed by atoms with Gasteiger partial charge in [0.1, 0.15) is 5.69 Å². The van der Waals surface area contributed by atoms with E-state index in [0.29, 0.717) is 18.2 Å². The number of carbonyl (C=O) groups is 1. The third-order valence-electron chi connectivity index (χ3n) is 2.51. The molecule has 0 bridgehead atoms. The standard InChI is InChI=1S/C13H16N4OS/c1-8(2)13-17-10(7-19-13)5-16-12(18)11-6-14-9(3)4-15-11/h4,6-8H,5H2,1-3H3,(H,16,18). The molecule has 6 heteroatoms. The van der Waals surface area contributed by atoms with Gasteiger partial charge >= 0.3 is 0 Å². The van der Waals surface area contributed by atoms with Crippen LogP contribution in [0, 0.1) is 6.92 Å². The lowest BCUT2D eigenvalue weighted by atomic mass is 10.2. The summed E-state index contributed by atoms with van der Waals surface area (Å²) in [6.45, 7) is 6.45. The highest BCUT2D eigenvalue weighted by atomic mass is 32.1. The number of nitrogens with zero attached hydrogens (tertiary/aromatic N) is 3. The quantitative estimate of drug-likeness (QED) is 0.930. The molecule has 0 unspecified atom stereocenters. The Hall–Kier alpha value is -1.82. The van der Waals surface area contributed by atoms with Gasteiger partial charge < -0.3 is 5.32 Å². The van der Waals surface area contributed by atoms with E-state index < -0.39 is 0 Å². The summed E-state index contributed by atoms with van der Waals surface area (Å²) < 4.78 is 0. The molecule has 0 saturated carbocycles. The SMILES string of the molecule is Cc1cnc(C(=O)NCc2csc(C(C)C)n2)cn1. The first-order valence-corrected chi connectivity index (χ1v) is 6.95. The zero-order valence-electron chi connectivity index (χ0n) is 11.2. The van der Waals surface area contributed by atoms with Crippen molar-refractivity contribution in [3.8, 4) is 0 Å². The van der Waals surface area contributed by atoms with Gasteiger partial charge in [-0.2, -0.15) is 0 Å². The summed E-state index contributed by atoms with van der Waals surface area (Å²) in [4.78, 5) is 24.4. The molecule has 1 amide bonds. The highest BCUT2D eigenvalue weighted by molar-refractivity contribution is 7.09. The van der Waals surface area contributed by atoms with Crippen molar-refractivity contribution in [2.24, 2.45) is 0 Å². The van der Waals surface area contributed by atoms with Gasteiger partial charge in [-0.15, -0.1) is 11.3 Å². The Morgan fingerprint density at radius 3 is 2.74 bits per heavy atom. The Morgan fingerprint density at radius 1 is 1.37 bits per heavy atom. The Kier molecular flexibility index (Phi) is 4.21. The fraction of sp³-hybridized carbons (Fsp3) is 0.385. The van der Waals surface area contributed by atoms with Gasteiger partial charge in [-0.05, 0) is 6.92 Å². The molecule has 0 atom stereocenters. The Labute approximate surface area is 116 Å². The van der Waals surface area contributed by atoms with E-state index in [1.165, 1.54) is 6.20 Å². The summed E-state index contributed by atoms with van der Waals surface area (Å²) in [5.41, 5.74) is 1.99. The molecule has 0 aromatic carbocycles. The summed E-state index contributed by atoms with van der Waals surface area (Å²) in [6, 6.07) is 0. The molecule has 0 fully saturated rings. The predicted octanol–water partition coefficient (Wildman–Crippen LogP) is 2.29. The molecule has 0 spiro atoms. The van der Waals surface area contributed by atoms with Gasteiger partial charge in [-0.3, -0.25) is 9.78 Å². The monoisotopic (exact) mass is 276 g/mol. The number of nitrogens with one attached hydrogen (secondary N) is 1. The fourth-order valence-electron chi connectivity index (χ4n) is 1.44. The van der Waals surface area contributed by atoms with Gasteiger partial charge in [0.15, 0.2) is 0 Å². The molecular formula is C13H16N4OS. The van der Waals surface area contributed by atoms with E-state index in [0.717, 1.165) is 16.4 Å². The van der Waals surface area contributed by atoms with Crippen LogP contribution in [0.1, 0.15) is 46.6 Å². The van der Waals surface area contributed by atoms with Crippen LogP contribution in [0.4, 0.5) is 0 Å². The second-order valence-electron chi connectivity index (χ2n) is 4.56. The smallest absolute Gasteiger partial charge is 0.271 e. The number of rotatable bonds is 4. The van der Waals surface area contributed by atoms with Gasteiger partial charge in [-0.25, -0.2) is 9.97 Å². The van der Waals surface area contributed by atoms with Gasteiger partial charge in [0.2, 0.25) is 0 Å². The molecule has 100 valence electrons. The summed E-state index contributed by atoms with van der Waals surface area (Å²) in [7, 11) is 0. The van der Waals surface area contributed by atoms with Crippen molar-refractivity contribution in [1.29, 1.82) is 0 Å². The van der Waals surface area contributed by atoms with Gasteiger partial charge in [0, 0.05) is 17.5 Å². The molecule has 1 N–H and O–H groups in total. The molecule has 2 aromatic heterocycles. The number of amides is 1. The van der Waals surface area contributed by atoms with Crippen LogP contribution < -0.4 is 5.32 Å². The van der Waals surface area contributed by atoms with E-state index in [1.54, 1.807) is 17.5 Å². The Balaban J connectivity index is 1.94. The average Bonchev–Trinajstić information content (AvgIpc) is 2.86. The van der Waals surface area contributed by atoms with E-state index in [-0.39, 0.29) is 5.91 Å². The molecule has 2 heterocycles. The molecule has 5 nitrogen and oxygen atoms in total. The van der Waals surface area contributed by atoms with Gasteiger partial charge in [0.05, 0.1) is 29.1 Å². The van der Waals surface area contributed by atoms with Crippen LogP contribution in [0.2, 0.25) is 0 Å². The average molecular weight is 276 g/mol. The maximum Gasteiger partial charge on any atom is 0.271 e. The van der Waals surface area contributed by atoms with Gasteiger partial charge in [0.25, 0.3) is 5.91 Å². The first-order valence-electron chi connectivity index (χ1n) is 6.07. The largest absolute Gasteiger partial charge is 0.345 e. The van der Waals surface area contributed by atoms with Crippen LogP contribution in [0.15, 0.2) is 17.8 Å². The van der Waals surface area contributed by atoms with E-state index in [4.69, 9.17) is 0 Å². The van der Waals surface area contributed by atoms with Crippen LogP contribution in [-0.4, -0.2) is 20.9 Å². The lowest BCUT2D eigenvalue weighted by Gasteiger charge is -2.02. The van der Waals surface area contributed by atoms with Crippen LogP contribution in [0.3, 0.4) is 0 Å². The van der Waals surface area contributed by atoms with Crippen LogP contribution in [0.5, 0.6) is 0 Å². The van der Waals surface area contributed by atoms with Crippen molar-refractivity contribution in [2.75, 3.05) is 0 Å². The molecule has 0 aliphatic carbocycles. The zero-order chi connectivity index (χ0) is 13.8. The van der Waals surface area contributed by atoms with Gasteiger partial charge in [-0.1, -0.05) is 13.8 Å². The normalized spacial score (nSPS) is 10.7. The predicted molar refractivity (Wildman–Crippen MR) is 74.1 cm³/mol. The highest BCUT2D eigenvalue weighted by Gasteiger charge is 2.09. The minimum atomic E-state index is -0.230. The minimum Gasteiger partial charge on any atom is -0.345 e. The Morgan fingerprint density at radius 2 is 2.16 bits per heavy atom. The van der Waals surface area contributed by atoms with Crippen molar-refractivity contribution in [3.05, 3.63) is 39.9 Å². The summed E-state index contributed by atoms with van der Waals surface area (Å²) >= 11 is 1.62. The van der Waals surface area contributed by atoms with E-state index >= 15 is 0 Å². The Bertz CT molecular complexity index is 562. The first kappa shape index (κ1) is 13.6. The maximum absolute atomic E-state index is 11.8. The summed E-state index contributed by atoms with van der Waals surface area (Å²) in [6.07, 6.45) is 3.06. The molecule has 0 aliphatic heterocycles. The van der Waals surface area contributed by atoms with E-state index in [9.17, 15) is 4.79 Å². The number of hydrogen-bond donors (Lipinski definition) is 1. The van der Waals surface area contributed by atoms with Crippen molar-refractivity contribution in [3.63, 3.8) is 0 Å². The first-order chi connectivity index (χ1) is 9.06. The van der Waals surface area contributed by atoms with Crippen molar-refractivity contribution >= 4 is 17.2 Å². The lowest BCUT2D eigenvalue weighted by molar-refractivity contribution is 0.0945. The number of carbonyl (C=O) groups excluding carboxylic acids is 1. The number of thiazole rings is 1. The maximum atomic E-state index is 11.8. The zero-order valence-corrected chi connectivity index (χ0v) is 12.0. The van der Waals surface area contributed by atoms with E-state index in [2.05, 4.69) is 34.1 Å². The second kappa shape index (κ2) is 5.88. The second-order valence-corrected chi connectivity index (χ2v) is 5.45. The number of hydrogen-bond acceptors (Lipinski definition) is 5. The molecule has 0 saturated heterocycles. The van der Waals surface area contributed by atoms with Crippen LogP contribution >= 0.6 is 11.3 Å². The molecule has 2 aromatic rings. The van der Waals surface area contributed by atoms with E-state index in [1.807, 2.05) is 12.3 Å². The minimum absolute atomic E-state index is 0.230. The van der Waals surface area contributed by atoms with Crippen molar-refractivity contribution < 1.29 is 4.79 Å². The summed E-state index contributed by atoms with van der Waals surface area (Å²) in [5, 5.41) is 5.84. The molecule has 2 rings (SSSR count). The topological polar surface area (TPSA) is 67.8 Å². The summed E-state index contributed by atoms with van der Waals surface area (Å²) in [5.74, 6) is 0.184. The van der Waals surface area contributed by atoms with Crippen LogP contribution in [0.25, 0.3) is 0 Å². The number of aryl methyl sites for hydroxylation is 1. The molecule has 19 heavy (non-hydrogen) atoms. The molecular weight excluding hydrogens is 260 g/mol.